The smallest absolute Gasteiger partial charge is 0.325 e. The number of amides is 2. The fraction of sp³-hybridized carbons (Fsp3) is 0.375. The van der Waals surface area contributed by atoms with Crippen molar-refractivity contribution in [2.24, 2.45) is 0 Å². The second-order valence-electron chi connectivity index (χ2n) is 5.18. The maximum atomic E-state index is 12.8. The first kappa shape index (κ1) is 17.5. The highest BCUT2D eigenvalue weighted by molar-refractivity contribution is 6.08. The average molecular weight is 334 g/mol. The van der Waals surface area contributed by atoms with Crippen LogP contribution in [0.1, 0.15) is 18.5 Å². The first-order valence-electron chi connectivity index (χ1n) is 7.21. The molecule has 1 heterocycles. The van der Waals surface area contributed by atoms with Crippen LogP contribution in [0, 0.1) is 0 Å². The van der Waals surface area contributed by atoms with E-state index in [9.17, 15) is 19.2 Å². The van der Waals surface area contributed by atoms with Crippen molar-refractivity contribution in [1.82, 2.24) is 4.90 Å². The van der Waals surface area contributed by atoms with Gasteiger partial charge < -0.3 is 14.4 Å². The van der Waals surface area contributed by atoms with E-state index in [1.165, 1.54) is 26.0 Å². The van der Waals surface area contributed by atoms with Gasteiger partial charge in [0.2, 0.25) is 5.91 Å². The molecule has 1 aromatic rings. The topological polar surface area (TPSA) is 93.2 Å². The normalized spacial score (nSPS) is 15.7. The van der Waals surface area contributed by atoms with Gasteiger partial charge in [-0.3, -0.25) is 24.1 Å². The largest absolute Gasteiger partial charge is 0.468 e. The predicted molar refractivity (Wildman–Crippen MR) is 83.0 cm³/mol. The van der Waals surface area contributed by atoms with Crippen molar-refractivity contribution in [1.29, 1.82) is 0 Å². The molecule has 1 unspecified atom stereocenters. The minimum Gasteiger partial charge on any atom is -0.468 e. The number of hydrogen-bond donors (Lipinski definition) is 0. The molecular formula is C16H18N2O6. The molecule has 0 aromatic heterocycles. The number of methoxy groups -OCH3 is 2. The maximum absolute atomic E-state index is 12.8. The van der Waals surface area contributed by atoms with Crippen molar-refractivity contribution in [2.45, 2.75) is 13.0 Å². The first-order chi connectivity index (χ1) is 11.4. The zero-order valence-corrected chi connectivity index (χ0v) is 13.6. The number of anilines is 1. The molecule has 0 saturated heterocycles. The molecule has 0 bridgehead atoms. The van der Waals surface area contributed by atoms with Crippen molar-refractivity contribution in [2.75, 3.05) is 32.2 Å². The number of esters is 2. The molecule has 128 valence electrons. The number of rotatable bonds is 5. The number of nitrogens with zero attached hydrogens (tertiary/aromatic N) is 2. The molecule has 0 N–H and O–H groups in total. The Bertz CT molecular complexity index is 687. The minimum absolute atomic E-state index is 0.271. The highest BCUT2D eigenvalue weighted by Crippen LogP contribution is 2.39. The van der Waals surface area contributed by atoms with Crippen LogP contribution in [-0.2, 0) is 28.7 Å². The van der Waals surface area contributed by atoms with Gasteiger partial charge in [0.05, 0.1) is 19.9 Å². The van der Waals surface area contributed by atoms with E-state index in [-0.39, 0.29) is 13.1 Å². The summed E-state index contributed by atoms with van der Waals surface area (Å²) >= 11 is 0. The number of para-hydroxylation sites is 1. The fourth-order valence-electron chi connectivity index (χ4n) is 2.61. The van der Waals surface area contributed by atoms with Crippen LogP contribution < -0.4 is 4.90 Å². The second-order valence-corrected chi connectivity index (χ2v) is 5.18. The van der Waals surface area contributed by atoms with Crippen molar-refractivity contribution < 1.29 is 28.7 Å². The molecule has 2 amide bonds. The number of fused-ring (bicyclic) bond motifs is 1. The quantitative estimate of drug-likeness (QED) is 0.718. The summed E-state index contributed by atoms with van der Waals surface area (Å²) < 4.78 is 9.20. The van der Waals surface area contributed by atoms with Gasteiger partial charge in [0.15, 0.2) is 0 Å². The molecule has 0 saturated carbocycles. The van der Waals surface area contributed by atoms with Gasteiger partial charge in [-0.2, -0.15) is 0 Å². The van der Waals surface area contributed by atoms with E-state index >= 15 is 0 Å². The number of hydrogen-bond acceptors (Lipinski definition) is 6. The summed E-state index contributed by atoms with van der Waals surface area (Å²) in [6.45, 7) is 0.636. The first-order valence-corrected chi connectivity index (χ1v) is 7.21. The molecule has 1 aromatic carbocycles. The Balaban J connectivity index is 2.42. The van der Waals surface area contributed by atoms with E-state index in [0.29, 0.717) is 11.3 Å². The molecule has 2 rings (SSSR count). The molecule has 0 aliphatic carbocycles. The van der Waals surface area contributed by atoms with E-state index in [1.807, 2.05) is 0 Å². The Morgan fingerprint density at radius 2 is 1.75 bits per heavy atom. The van der Waals surface area contributed by atoms with Crippen molar-refractivity contribution in [3.63, 3.8) is 0 Å². The fourth-order valence-corrected chi connectivity index (χ4v) is 2.61. The Labute approximate surface area is 138 Å². The van der Waals surface area contributed by atoms with Gasteiger partial charge in [0.1, 0.15) is 19.1 Å². The van der Waals surface area contributed by atoms with Crippen LogP contribution in [0.5, 0.6) is 0 Å². The van der Waals surface area contributed by atoms with E-state index in [0.717, 1.165) is 4.90 Å². The number of benzene rings is 1. The van der Waals surface area contributed by atoms with Crippen LogP contribution in [0.15, 0.2) is 24.3 Å². The molecule has 0 fully saturated rings. The molecular weight excluding hydrogens is 316 g/mol. The van der Waals surface area contributed by atoms with Gasteiger partial charge in [-0.15, -0.1) is 0 Å². The van der Waals surface area contributed by atoms with Gasteiger partial charge in [-0.1, -0.05) is 18.2 Å². The third-order valence-corrected chi connectivity index (χ3v) is 3.78. The van der Waals surface area contributed by atoms with E-state index in [1.54, 1.807) is 24.3 Å². The SMILES string of the molecule is COC(=O)CN1C(=O)C(N(CC(=O)OC)C(C)=O)c2ccccc21. The number of ether oxygens (including phenoxy) is 2. The molecule has 1 aliphatic heterocycles. The summed E-state index contributed by atoms with van der Waals surface area (Å²) in [6, 6.07) is 5.81. The molecule has 1 aliphatic rings. The minimum atomic E-state index is -0.984. The summed E-state index contributed by atoms with van der Waals surface area (Å²) in [5.41, 5.74) is 1.06. The van der Waals surface area contributed by atoms with Gasteiger partial charge in [-0.25, -0.2) is 0 Å². The van der Waals surface area contributed by atoms with Crippen LogP contribution in [0.25, 0.3) is 0 Å². The summed E-state index contributed by atoms with van der Waals surface area (Å²) in [5, 5.41) is 0. The zero-order chi connectivity index (χ0) is 17.9. The van der Waals surface area contributed by atoms with Crippen LogP contribution >= 0.6 is 0 Å². The summed E-state index contributed by atoms with van der Waals surface area (Å²) in [4.78, 5) is 50.3. The lowest BCUT2D eigenvalue weighted by Crippen LogP contribution is -2.44. The number of carbonyl (C=O) groups excluding carboxylic acids is 4. The lowest BCUT2D eigenvalue weighted by molar-refractivity contribution is -0.149. The molecule has 1 atom stereocenters. The Morgan fingerprint density at radius 3 is 2.33 bits per heavy atom. The molecule has 0 radical (unpaired) electrons. The Hall–Kier alpha value is -2.90. The van der Waals surface area contributed by atoms with Crippen LogP contribution in [0.4, 0.5) is 5.69 Å². The van der Waals surface area contributed by atoms with Crippen molar-refractivity contribution in [3.05, 3.63) is 29.8 Å². The summed E-state index contributed by atoms with van der Waals surface area (Å²) in [6.07, 6.45) is 0. The third-order valence-electron chi connectivity index (χ3n) is 3.78. The molecule has 24 heavy (non-hydrogen) atoms. The zero-order valence-electron chi connectivity index (χ0n) is 13.6. The van der Waals surface area contributed by atoms with E-state index in [4.69, 9.17) is 0 Å². The average Bonchev–Trinajstić information content (AvgIpc) is 2.84. The van der Waals surface area contributed by atoms with E-state index < -0.39 is 29.8 Å². The monoisotopic (exact) mass is 334 g/mol. The third kappa shape index (κ3) is 3.22. The maximum Gasteiger partial charge on any atom is 0.325 e. The molecule has 8 heteroatoms. The van der Waals surface area contributed by atoms with E-state index in [2.05, 4.69) is 9.47 Å². The van der Waals surface area contributed by atoms with Gasteiger partial charge in [-0.05, 0) is 6.07 Å². The van der Waals surface area contributed by atoms with Crippen LogP contribution in [0.2, 0.25) is 0 Å². The van der Waals surface area contributed by atoms with Gasteiger partial charge in [0, 0.05) is 12.5 Å². The van der Waals surface area contributed by atoms with Crippen LogP contribution in [0.3, 0.4) is 0 Å². The highest BCUT2D eigenvalue weighted by Gasteiger charge is 2.43. The van der Waals surface area contributed by atoms with Crippen molar-refractivity contribution in [3.8, 4) is 0 Å². The Kier molecular flexibility index (Phi) is 5.18. The lowest BCUT2D eigenvalue weighted by atomic mass is 10.1. The predicted octanol–water partition coefficient (Wildman–Crippen LogP) is 0.269. The highest BCUT2D eigenvalue weighted by atomic mass is 16.5. The van der Waals surface area contributed by atoms with Crippen molar-refractivity contribution >= 4 is 29.4 Å². The standard InChI is InChI=1S/C16H18N2O6/c1-10(19)17(8-13(20)23-2)15-11-6-4-5-7-12(11)18(16(15)22)9-14(21)24-3/h4-7,15H,8-9H2,1-3H3. The lowest BCUT2D eigenvalue weighted by Gasteiger charge is -2.26. The Morgan fingerprint density at radius 1 is 1.12 bits per heavy atom. The summed E-state index contributed by atoms with van der Waals surface area (Å²) in [5.74, 6) is -2.14. The van der Waals surface area contributed by atoms with Gasteiger partial charge >= 0.3 is 11.9 Å². The van der Waals surface area contributed by atoms with Gasteiger partial charge in [0.25, 0.3) is 5.91 Å². The molecule has 8 nitrogen and oxygen atoms in total. The summed E-state index contributed by atoms with van der Waals surface area (Å²) in [7, 11) is 2.43. The number of carbonyl (C=O) groups is 4. The molecule has 0 spiro atoms. The second kappa shape index (κ2) is 7.12. The van der Waals surface area contributed by atoms with Crippen LogP contribution in [-0.4, -0.2) is 56.0 Å².